The maximum atomic E-state index is 13.2. The molecule has 0 heterocycles. The molecule has 0 unspecified atom stereocenters. The summed E-state index contributed by atoms with van der Waals surface area (Å²) in [6.07, 6.45) is 0. The van der Waals surface area contributed by atoms with Crippen molar-refractivity contribution in [1.29, 1.82) is 0 Å². The lowest BCUT2D eigenvalue weighted by molar-refractivity contribution is 0.0695. The van der Waals surface area contributed by atoms with Crippen LogP contribution in [0.5, 0.6) is 5.75 Å². The number of benzene rings is 2. The predicted octanol–water partition coefficient (Wildman–Crippen LogP) is 3.90. The lowest BCUT2D eigenvalue weighted by atomic mass is 10.2. The van der Waals surface area contributed by atoms with Gasteiger partial charge in [0.1, 0.15) is 24.0 Å². The van der Waals surface area contributed by atoms with Crippen molar-refractivity contribution in [3.05, 3.63) is 64.2 Å². The molecular formula is C14H9ClF2O3. The third-order valence-electron chi connectivity index (χ3n) is 2.54. The summed E-state index contributed by atoms with van der Waals surface area (Å²) in [5.74, 6) is -2.55. The molecule has 2 aromatic rings. The molecule has 0 aliphatic rings. The molecule has 0 atom stereocenters. The predicted molar refractivity (Wildman–Crippen MR) is 69.1 cm³/mol. The first kappa shape index (κ1) is 14.3. The highest BCUT2D eigenvalue weighted by molar-refractivity contribution is 6.31. The van der Waals surface area contributed by atoms with Crippen molar-refractivity contribution < 1.29 is 23.4 Å². The maximum Gasteiger partial charge on any atom is 0.335 e. The van der Waals surface area contributed by atoms with Crippen LogP contribution in [-0.4, -0.2) is 11.1 Å². The largest absolute Gasteiger partial charge is 0.489 e. The second kappa shape index (κ2) is 5.88. The van der Waals surface area contributed by atoms with Crippen LogP contribution in [0.15, 0.2) is 36.4 Å². The van der Waals surface area contributed by atoms with E-state index in [1.165, 1.54) is 18.2 Å². The Kier molecular flexibility index (Phi) is 4.20. The zero-order chi connectivity index (χ0) is 14.7. The number of carbonyl (C=O) groups is 1. The zero-order valence-electron chi connectivity index (χ0n) is 10.1. The quantitative estimate of drug-likeness (QED) is 0.931. The summed E-state index contributed by atoms with van der Waals surface area (Å²) in [6.45, 7) is -0.0981. The van der Waals surface area contributed by atoms with Gasteiger partial charge in [0, 0.05) is 11.6 Å². The highest BCUT2D eigenvalue weighted by Gasteiger charge is 2.10. The minimum atomic E-state index is -1.27. The van der Waals surface area contributed by atoms with Crippen LogP contribution < -0.4 is 4.74 Å². The van der Waals surface area contributed by atoms with Crippen LogP contribution in [0.2, 0.25) is 5.02 Å². The molecule has 0 saturated carbocycles. The molecule has 0 saturated heterocycles. The highest BCUT2D eigenvalue weighted by Crippen LogP contribution is 2.23. The number of carboxylic acids is 1. The van der Waals surface area contributed by atoms with Crippen molar-refractivity contribution in [1.82, 2.24) is 0 Å². The minimum Gasteiger partial charge on any atom is -0.489 e. The fourth-order valence-corrected chi connectivity index (χ4v) is 1.77. The van der Waals surface area contributed by atoms with Crippen LogP contribution in [-0.2, 0) is 6.61 Å². The number of hydrogen-bond acceptors (Lipinski definition) is 2. The summed E-state index contributed by atoms with van der Waals surface area (Å²) < 4.78 is 31.7. The van der Waals surface area contributed by atoms with E-state index in [9.17, 15) is 13.6 Å². The topological polar surface area (TPSA) is 46.5 Å². The molecule has 20 heavy (non-hydrogen) atoms. The highest BCUT2D eigenvalue weighted by atomic mass is 35.5. The lowest BCUT2D eigenvalue weighted by Gasteiger charge is -2.09. The molecule has 6 heteroatoms. The van der Waals surface area contributed by atoms with Crippen molar-refractivity contribution in [3.63, 3.8) is 0 Å². The number of carboxylic acid groups (broad SMARTS) is 1. The number of rotatable bonds is 4. The summed E-state index contributed by atoms with van der Waals surface area (Å²) in [6, 6.07) is 7.33. The van der Waals surface area contributed by atoms with Crippen LogP contribution in [0.3, 0.4) is 0 Å². The van der Waals surface area contributed by atoms with E-state index < -0.39 is 17.6 Å². The summed E-state index contributed by atoms with van der Waals surface area (Å²) in [5.41, 5.74) is 0.151. The van der Waals surface area contributed by atoms with Gasteiger partial charge in [-0.15, -0.1) is 0 Å². The summed E-state index contributed by atoms with van der Waals surface area (Å²) >= 11 is 5.75. The van der Waals surface area contributed by atoms with Crippen LogP contribution in [0.4, 0.5) is 8.78 Å². The molecule has 2 aromatic carbocycles. The summed E-state index contributed by atoms with van der Waals surface area (Å²) in [4.78, 5) is 10.8. The first-order valence-electron chi connectivity index (χ1n) is 5.57. The molecule has 2 rings (SSSR count). The number of hydrogen-bond donors (Lipinski definition) is 1. The van der Waals surface area contributed by atoms with Gasteiger partial charge in [0.2, 0.25) is 0 Å². The Morgan fingerprint density at radius 2 is 2.00 bits per heavy atom. The number of aromatic carboxylic acids is 1. The van der Waals surface area contributed by atoms with Crippen LogP contribution in [0.1, 0.15) is 15.9 Å². The molecule has 1 N–H and O–H groups in total. The van der Waals surface area contributed by atoms with Gasteiger partial charge < -0.3 is 9.84 Å². The molecule has 0 fully saturated rings. The molecule has 0 amide bonds. The van der Waals surface area contributed by atoms with Crippen LogP contribution in [0, 0.1) is 11.6 Å². The Hall–Kier alpha value is -2.14. The Morgan fingerprint density at radius 3 is 2.70 bits per heavy atom. The van der Waals surface area contributed by atoms with Gasteiger partial charge in [-0.05, 0) is 18.2 Å². The van der Waals surface area contributed by atoms with Gasteiger partial charge >= 0.3 is 5.97 Å². The standard InChI is InChI=1S/C14H9ClF2O3/c15-13-8(2-1-3-12(13)17)7-20-11-5-9(14(18)19)4-10(16)6-11/h1-6H,7H2,(H,18,19). The first-order valence-corrected chi connectivity index (χ1v) is 5.95. The van der Waals surface area contributed by atoms with E-state index in [0.717, 1.165) is 12.1 Å². The normalized spacial score (nSPS) is 10.3. The third kappa shape index (κ3) is 3.24. The van der Waals surface area contributed by atoms with Crippen molar-refractivity contribution in [2.24, 2.45) is 0 Å². The Balaban J connectivity index is 2.19. The monoisotopic (exact) mass is 298 g/mol. The fraction of sp³-hybridized carbons (Fsp3) is 0.0714. The summed E-state index contributed by atoms with van der Waals surface area (Å²) in [5, 5.41) is 8.73. The van der Waals surface area contributed by atoms with Crippen molar-refractivity contribution in [2.75, 3.05) is 0 Å². The fourth-order valence-electron chi connectivity index (χ4n) is 1.59. The minimum absolute atomic E-state index is 0.0303. The molecule has 0 bridgehead atoms. The van der Waals surface area contributed by atoms with Gasteiger partial charge in [-0.25, -0.2) is 13.6 Å². The molecule has 3 nitrogen and oxygen atoms in total. The van der Waals surface area contributed by atoms with Gasteiger partial charge in [0.05, 0.1) is 10.6 Å². The molecule has 0 radical (unpaired) electrons. The average molecular weight is 299 g/mol. The van der Waals surface area contributed by atoms with Gasteiger partial charge in [0.15, 0.2) is 0 Å². The summed E-state index contributed by atoms with van der Waals surface area (Å²) in [7, 11) is 0. The van der Waals surface area contributed by atoms with E-state index >= 15 is 0 Å². The zero-order valence-corrected chi connectivity index (χ0v) is 10.8. The van der Waals surface area contributed by atoms with E-state index in [1.807, 2.05) is 0 Å². The van der Waals surface area contributed by atoms with Crippen molar-refractivity contribution in [3.8, 4) is 5.75 Å². The van der Waals surface area contributed by atoms with Crippen molar-refractivity contribution in [2.45, 2.75) is 6.61 Å². The molecule has 0 spiro atoms. The van der Waals surface area contributed by atoms with E-state index in [1.54, 1.807) is 6.07 Å². The molecule has 104 valence electrons. The molecule has 0 aromatic heterocycles. The first-order chi connectivity index (χ1) is 9.47. The van der Waals surface area contributed by atoms with Gasteiger partial charge in [-0.3, -0.25) is 0 Å². The van der Waals surface area contributed by atoms with Crippen LogP contribution >= 0.6 is 11.6 Å². The van der Waals surface area contributed by atoms with E-state index in [2.05, 4.69) is 0 Å². The van der Waals surface area contributed by atoms with Gasteiger partial charge in [0.25, 0.3) is 0 Å². The average Bonchev–Trinajstić information content (AvgIpc) is 2.40. The number of ether oxygens (including phenoxy) is 1. The molecular weight excluding hydrogens is 290 g/mol. The Bertz CT molecular complexity index is 659. The van der Waals surface area contributed by atoms with Gasteiger partial charge in [-0.1, -0.05) is 23.7 Å². The number of halogens is 3. The van der Waals surface area contributed by atoms with E-state index in [4.69, 9.17) is 21.4 Å². The Morgan fingerprint density at radius 1 is 1.25 bits per heavy atom. The smallest absolute Gasteiger partial charge is 0.335 e. The molecule has 0 aliphatic carbocycles. The van der Waals surface area contributed by atoms with E-state index in [0.29, 0.717) is 5.56 Å². The second-order valence-corrected chi connectivity index (χ2v) is 4.36. The SMILES string of the molecule is O=C(O)c1cc(F)cc(OCc2cccc(F)c2Cl)c1. The maximum absolute atomic E-state index is 13.2. The lowest BCUT2D eigenvalue weighted by Crippen LogP contribution is -2.01. The van der Waals surface area contributed by atoms with Crippen molar-refractivity contribution >= 4 is 17.6 Å². The van der Waals surface area contributed by atoms with Gasteiger partial charge in [-0.2, -0.15) is 0 Å². The second-order valence-electron chi connectivity index (χ2n) is 3.98. The van der Waals surface area contributed by atoms with Crippen LogP contribution in [0.25, 0.3) is 0 Å². The third-order valence-corrected chi connectivity index (χ3v) is 2.97. The molecule has 0 aliphatic heterocycles. The van der Waals surface area contributed by atoms with E-state index in [-0.39, 0.29) is 22.9 Å². The Labute approximate surface area is 118 Å².